The number of benzene rings is 1. The number of carbonyl (C=O) groups is 1. The zero-order valence-electron chi connectivity index (χ0n) is 13.2. The Bertz CT molecular complexity index is 400. The van der Waals surface area contributed by atoms with Gasteiger partial charge in [0.1, 0.15) is 0 Å². The molecule has 2 atom stereocenters. The molecule has 0 aliphatic rings. The minimum atomic E-state index is 0.0739. The molecule has 0 aliphatic heterocycles. The highest BCUT2D eigenvalue weighted by Crippen LogP contribution is 2.17. The molecule has 0 radical (unpaired) electrons. The van der Waals surface area contributed by atoms with Gasteiger partial charge in [-0.15, -0.1) is 0 Å². The van der Waals surface area contributed by atoms with E-state index in [2.05, 4.69) is 43.5 Å². The van der Waals surface area contributed by atoms with Crippen molar-refractivity contribution in [3.05, 3.63) is 29.8 Å². The Morgan fingerprint density at radius 1 is 1.10 bits per heavy atom. The number of hydrogen-bond donors (Lipinski definition) is 2. The van der Waals surface area contributed by atoms with Crippen molar-refractivity contribution >= 4 is 11.6 Å². The second-order valence-electron chi connectivity index (χ2n) is 5.48. The van der Waals surface area contributed by atoms with Crippen LogP contribution in [0.3, 0.4) is 0 Å². The van der Waals surface area contributed by atoms with Crippen molar-refractivity contribution in [3.8, 4) is 0 Å². The third-order valence-electron chi connectivity index (χ3n) is 3.55. The van der Waals surface area contributed by atoms with E-state index in [1.165, 1.54) is 5.56 Å². The molecular weight excluding hydrogens is 248 g/mol. The zero-order valence-corrected chi connectivity index (χ0v) is 13.2. The maximum absolute atomic E-state index is 11.9. The van der Waals surface area contributed by atoms with Crippen molar-refractivity contribution in [2.45, 2.75) is 53.0 Å². The van der Waals surface area contributed by atoms with Crippen LogP contribution in [-0.2, 0) is 4.79 Å². The number of carbonyl (C=O) groups excluding carboxylic acids is 1. The molecule has 0 spiro atoms. The second kappa shape index (κ2) is 8.75. The van der Waals surface area contributed by atoms with Crippen LogP contribution in [0.4, 0.5) is 5.69 Å². The minimum Gasteiger partial charge on any atom is -0.326 e. The summed E-state index contributed by atoms with van der Waals surface area (Å²) >= 11 is 0. The normalized spacial score (nSPS) is 13.8. The van der Waals surface area contributed by atoms with Gasteiger partial charge in [-0.25, -0.2) is 0 Å². The second-order valence-corrected chi connectivity index (χ2v) is 5.48. The first-order valence-corrected chi connectivity index (χ1v) is 7.72. The van der Waals surface area contributed by atoms with Crippen LogP contribution in [0.25, 0.3) is 0 Å². The molecule has 1 amide bonds. The monoisotopic (exact) mass is 276 g/mol. The van der Waals surface area contributed by atoms with Crippen LogP contribution in [0.5, 0.6) is 0 Å². The molecule has 0 saturated carbocycles. The van der Waals surface area contributed by atoms with Crippen molar-refractivity contribution in [2.75, 3.05) is 11.9 Å². The van der Waals surface area contributed by atoms with Gasteiger partial charge < -0.3 is 10.6 Å². The van der Waals surface area contributed by atoms with Crippen molar-refractivity contribution in [1.82, 2.24) is 5.32 Å². The van der Waals surface area contributed by atoms with Crippen molar-refractivity contribution in [1.29, 1.82) is 0 Å². The van der Waals surface area contributed by atoms with Crippen LogP contribution < -0.4 is 10.6 Å². The minimum absolute atomic E-state index is 0.0739. The standard InChI is InChI=1S/C17H28N2O/c1-5-7-13(3)17(20)19-16-10-8-15(9-11-16)14(4)18-12-6-2/h8-11,13-14,18H,5-7,12H2,1-4H3,(H,19,20). The van der Waals surface area contributed by atoms with Gasteiger partial charge in [0.2, 0.25) is 5.91 Å². The molecule has 3 nitrogen and oxygen atoms in total. The Hall–Kier alpha value is -1.35. The average Bonchev–Trinajstić information content (AvgIpc) is 2.45. The number of nitrogens with one attached hydrogen (secondary N) is 2. The summed E-state index contributed by atoms with van der Waals surface area (Å²) in [5.74, 6) is 0.182. The molecule has 112 valence electrons. The van der Waals surface area contributed by atoms with Gasteiger partial charge in [0.15, 0.2) is 0 Å². The lowest BCUT2D eigenvalue weighted by molar-refractivity contribution is -0.119. The van der Waals surface area contributed by atoms with Crippen LogP contribution in [-0.4, -0.2) is 12.5 Å². The predicted molar refractivity (Wildman–Crippen MR) is 85.9 cm³/mol. The van der Waals surface area contributed by atoms with E-state index in [-0.39, 0.29) is 11.8 Å². The van der Waals surface area contributed by atoms with Crippen molar-refractivity contribution in [2.24, 2.45) is 5.92 Å². The van der Waals surface area contributed by atoms with E-state index >= 15 is 0 Å². The Kier molecular flexibility index (Phi) is 7.31. The third kappa shape index (κ3) is 5.33. The number of amides is 1. The lowest BCUT2D eigenvalue weighted by atomic mass is 10.0. The lowest BCUT2D eigenvalue weighted by Crippen LogP contribution is -2.21. The molecule has 2 N–H and O–H groups in total. The van der Waals surface area contributed by atoms with E-state index in [1.54, 1.807) is 0 Å². The fourth-order valence-electron chi connectivity index (χ4n) is 2.16. The van der Waals surface area contributed by atoms with Gasteiger partial charge in [-0.3, -0.25) is 4.79 Å². The van der Waals surface area contributed by atoms with Crippen LogP contribution in [0.2, 0.25) is 0 Å². The summed E-state index contributed by atoms with van der Waals surface area (Å²) in [7, 11) is 0. The summed E-state index contributed by atoms with van der Waals surface area (Å²) in [6.07, 6.45) is 3.10. The molecule has 0 saturated heterocycles. The van der Waals surface area contributed by atoms with E-state index in [4.69, 9.17) is 0 Å². The fourth-order valence-corrected chi connectivity index (χ4v) is 2.16. The Balaban J connectivity index is 2.56. The Labute approximate surface area is 123 Å². The summed E-state index contributed by atoms with van der Waals surface area (Å²) < 4.78 is 0. The molecule has 0 aliphatic carbocycles. The summed E-state index contributed by atoms with van der Waals surface area (Å²) in [5, 5.41) is 6.43. The van der Waals surface area contributed by atoms with E-state index in [0.29, 0.717) is 6.04 Å². The Morgan fingerprint density at radius 3 is 2.30 bits per heavy atom. The summed E-state index contributed by atoms with van der Waals surface area (Å²) in [5.41, 5.74) is 2.13. The van der Waals surface area contributed by atoms with E-state index in [9.17, 15) is 4.79 Å². The highest BCUT2D eigenvalue weighted by Gasteiger charge is 2.12. The zero-order chi connectivity index (χ0) is 15.0. The number of hydrogen-bond acceptors (Lipinski definition) is 2. The fraction of sp³-hybridized carbons (Fsp3) is 0.588. The molecule has 0 heterocycles. The SMILES string of the molecule is CCCNC(C)c1ccc(NC(=O)C(C)CCC)cc1. The molecule has 2 unspecified atom stereocenters. The Morgan fingerprint density at radius 2 is 1.75 bits per heavy atom. The third-order valence-corrected chi connectivity index (χ3v) is 3.55. The number of anilines is 1. The van der Waals surface area contributed by atoms with Gasteiger partial charge >= 0.3 is 0 Å². The van der Waals surface area contributed by atoms with Gasteiger partial charge in [-0.1, -0.05) is 39.3 Å². The maximum Gasteiger partial charge on any atom is 0.227 e. The van der Waals surface area contributed by atoms with E-state index in [0.717, 1.165) is 31.5 Å². The average molecular weight is 276 g/mol. The van der Waals surface area contributed by atoms with Crippen LogP contribution in [0.1, 0.15) is 58.6 Å². The summed E-state index contributed by atoms with van der Waals surface area (Å²) in [6.45, 7) is 9.42. The lowest BCUT2D eigenvalue weighted by Gasteiger charge is -2.15. The van der Waals surface area contributed by atoms with Crippen LogP contribution in [0.15, 0.2) is 24.3 Å². The van der Waals surface area contributed by atoms with Gasteiger partial charge in [-0.05, 0) is 44.0 Å². The van der Waals surface area contributed by atoms with Gasteiger partial charge in [0.05, 0.1) is 0 Å². The van der Waals surface area contributed by atoms with Gasteiger partial charge in [0, 0.05) is 17.6 Å². The first-order valence-electron chi connectivity index (χ1n) is 7.72. The van der Waals surface area contributed by atoms with Crippen molar-refractivity contribution < 1.29 is 4.79 Å². The maximum atomic E-state index is 11.9. The molecule has 0 fully saturated rings. The molecule has 1 rings (SSSR count). The van der Waals surface area contributed by atoms with Crippen LogP contribution in [0, 0.1) is 5.92 Å². The van der Waals surface area contributed by atoms with Gasteiger partial charge in [0.25, 0.3) is 0 Å². The van der Waals surface area contributed by atoms with Crippen LogP contribution >= 0.6 is 0 Å². The largest absolute Gasteiger partial charge is 0.326 e. The molecule has 0 bridgehead atoms. The first-order chi connectivity index (χ1) is 9.58. The molecular formula is C17H28N2O. The quantitative estimate of drug-likeness (QED) is 0.750. The molecule has 1 aromatic carbocycles. The molecule has 20 heavy (non-hydrogen) atoms. The molecule has 1 aromatic rings. The molecule has 0 aromatic heterocycles. The number of rotatable bonds is 8. The summed E-state index contributed by atoms with van der Waals surface area (Å²) in [6, 6.07) is 8.46. The van der Waals surface area contributed by atoms with E-state index < -0.39 is 0 Å². The summed E-state index contributed by atoms with van der Waals surface area (Å²) in [4.78, 5) is 11.9. The topological polar surface area (TPSA) is 41.1 Å². The van der Waals surface area contributed by atoms with Gasteiger partial charge in [-0.2, -0.15) is 0 Å². The molecule has 3 heteroatoms. The smallest absolute Gasteiger partial charge is 0.227 e. The highest BCUT2D eigenvalue weighted by atomic mass is 16.1. The van der Waals surface area contributed by atoms with Crippen molar-refractivity contribution in [3.63, 3.8) is 0 Å². The van der Waals surface area contributed by atoms with E-state index in [1.807, 2.05) is 19.1 Å². The first kappa shape index (κ1) is 16.7. The highest BCUT2D eigenvalue weighted by molar-refractivity contribution is 5.92. The predicted octanol–water partition coefficient (Wildman–Crippen LogP) is 4.12.